The van der Waals surface area contributed by atoms with Crippen molar-refractivity contribution in [3.8, 4) is 0 Å². The molecule has 0 heterocycles. The van der Waals surface area contributed by atoms with Crippen molar-refractivity contribution in [3.63, 3.8) is 0 Å². The Labute approximate surface area is 101 Å². The monoisotopic (exact) mass is 217 g/mol. The molecule has 0 heteroatoms. The van der Waals surface area contributed by atoms with Crippen LogP contribution in [-0.2, 0) is 0 Å². The van der Waals surface area contributed by atoms with Gasteiger partial charge in [0.05, 0.1) is 0 Å². The summed E-state index contributed by atoms with van der Waals surface area (Å²) in [5.74, 6) is 0. The van der Waals surface area contributed by atoms with Crippen molar-refractivity contribution in [2.75, 3.05) is 0 Å². The van der Waals surface area contributed by atoms with Gasteiger partial charge in [0.2, 0.25) is 0 Å². The average molecular weight is 217 g/mol. The molecule has 0 aliphatic rings. The number of rotatable bonds is 5. The lowest BCUT2D eigenvalue weighted by Gasteiger charge is -2.14. The highest BCUT2D eigenvalue weighted by Gasteiger charge is 2.07. The van der Waals surface area contributed by atoms with Crippen molar-refractivity contribution < 1.29 is 0 Å². The Kier molecular flexibility index (Phi) is 5.05. The van der Waals surface area contributed by atoms with Crippen LogP contribution in [0.25, 0.3) is 0 Å². The Bertz CT molecular complexity index is 321. The average Bonchev–Trinajstić information content (AvgIpc) is 2.25. The summed E-state index contributed by atoms with van der Waals surface area (Å²) in [7, 11) is 0. The highest BCUT2D eigenvalue weighted by atomic mass is 14.1. The van der Waals surface area contributed by atoms with Crippen LogP contribution in [0.15, 0.2) is 6.07 Å². The van der Waals surface area contributed by atoms with Crippen LogP contribution in [0.2, 0.25) is 0 Å². The van der Waals surface area contributed by atoms with Gasteiger partial charge in [-0.2, -0.15) is 0 Å². The molecule has 0 aliphatic heterocycles. The molecule has 1 radical (unpaired) electrons. The van der Waals surface area contributed by atoms with Crippen LogP contribution in [0.4, 0.5) is 0 Å². The van der Waals surface area contributed by atoms with E-state index >= 15 is 0 Å². The van der Waals surface area contributed by atoms with E-state index in [1.54, 1.807) is 0 Å². The Balaban J connectivity index is 2.78. The van der Waals surface area contributed by atoms with Gasteiger partial charge in [-0.3, -0.25) is 0 Å². The Morgan fingerprint density at radius 2 is 1.50 bits per heavy atom. The standard InChI is InChI=1S/C16H25/c1-6-7-8-9-10-16-14(4)12(2)11-13(3)15(16)5/h10-11H,6-9H2,1-5H3. The highest BCUT2D eigenvalue weighted by molar-refractivity contribution is 5.47. The van der Waals surface area contributed by atoms with Crippen molar-refractivity contribution in [1.29, 1.82) is 0 Å². The Morgan fingerprint density at radius 1 is 0.938 bits per heavy atom. The summed E-state index contributed by atoms with van der Waals surface area (Å²) >= 11 is 0. The summed E-state index contributed by atoms with van der Waals surface area (Å²) in [6.45, 7) is 11.2. The summed E-state index contributed by atoms with van der Waals surface area (Å²) in [6, 6.07) is 2.30. The topological polar surface area (TPSA) is 0 Å². The fourth-order valence-corrected chi connectivity index (χ4v) is 2.19. The fraction of sp³-hybridized carbons (Fsp3) is 0.562. The minimum absolute atomic E-state index is 1.22. The van der Waals surface area contributed by atoms with Crippen molar-refractivity contribution >= 4 is 0 Å². The molecule has 0 saturated heterocycles. The molecule has 0 saturated carbocycles. The quantitative estimate of drug-likeness (QED) is 0.605. The van der Waals surface area contributed by atoms with Gasteiger partial charge in [-0.1, -0.05) is 32.3 Å². The van der Waals surface area contributed by atoms with Crippen LogP contribution in [0.1, 0.15) is 60.4 Å². The molecule has 0 bridgehead atoms. The predicted molar refractivity (Wildman–Crippen MR) is 72.9 cm³/mol. The van der Waals surface area contributed by atoms with Crippen LogP contribution >= 0.6 is 0 Å². The lowest BCUT2D eigenvalue weighted by Crippen LogP contribution is -1.98. The second kappa shape index (κ2) is 6.08. The van der Waals surface area contributed by atoms with E-state index in [0.29, 0.717) is 0 Å². The van der Waals surface area contributed by atoms with Crippen molar-refractivity contribution in [1.82, 2.24) is 0 Å². The molecule has 1 rings (SSSR count). The van der Waals surface area contributed by atoms with Crippen molar-refractivity contribution in [2.24, 2.45) is 0 Å². The molecule has 16 heavy (non-hydrogen) atoms. The van der Waals surface area contributed by atoms with E-state index in [1.807, 2.05) is 0 Å². The summed E-state index contributed by atoms with van der Waals surface area (Å²) in [5.41, 5.74) is 7.24. The van der Waals surface area contributed by atoms with E-state index in [0.717, 1.165) is 0 Å². The van der Waals surface area contributed by atoms with Crippen LogP contribution in [0, 0.1) is 34.1 Å². The highest BCUT2D eigenvalue weighted by Crippen LogP contribution is 2.24. The number of hydrogen-bond donors (Lipinski definition) is 0. The third-order valence-corrected chi connectivity index (χ3v) is 3.58. The van der Waals surface area contributed by atoms with Crippen LogP contribution in [0.3, 0.4) is 0 Å². The smallest absolute Gasteiger partial charge is 0.00874 e. The van der Waals surface area contributed by atoms with Gasteiger partial charge in [0, 0.05) is 0 Å². The molecule has 0 spiro atoms. The first-order valence-corrected chi connectivity index (χ1v) is 6.48. The molecule has 0 atom stereocenters. The molecule has 0 N–H and O–H groups in total. The first-order valence-electron chi connectivity index (χ1n) is 6.48. The minimum atomic E-state index is 1.22. The third kappa shape index (κ3) is 3.10. The fourth-order valence-electron chi connectivity index (χ4n) is 2.19. The van der Waals surface area contributed by atoms with E-state index in [-0.39, 0.29) is 0 Å². The zero-order valence-electron chi connectivity index (χ0n) is 11.5. The zero-order valence-corrected chi connectivity index (χ0v) is 11.5. The largest absolute Gasteiger partial charge is 0.0654 e. The van der Waals surface area contributed by atoms with Gasteiger partial charge >= 0.3 is 0 Å². The van der Waals surface area contributed by atoms with Crippen molar-refractivity contribution in [2.45, 2.75) is 60.3 Å². The van der Waals surface area contributed by atoms with E-state index in [9.17, 15) is 0 Å². The SMILES string of the molecule is CCCCC[CH]c1c(C)c(C)cc(C)c1C. The Morgan fingerprint density at radius 3 is 2.00 bits per heavy atom. The van der Waals surface area contributed by atoms with Gasteiger partial charge in [0.15, 0.2) is 0 Å². The summed E-state index contributed by atoms with van der Waals surface area (Å²) in [4.78, 5) is 0. The second-order valence-corrected chi connectivity index (χ2v) is 4.87. The maximum absolute atomic E-state index is 2.43. The van der Waals surface area contributed by atoms with Gasteiger partial charge in [-0.15, -0.1) is 0 Å². The van der Waals surface area contributed by atoms with Gasteiger partial charge in [-0.25, -0.2) is 0 Å². The Hall–Kier alpha value is -0.780. The summed E-state index contributed by atoms with van der Waals surface area (Å²) < 4.78 is 0. The van der Waals surface area contributed by atoms with Gasteiger partial charge < -0.3 is 0 Å². The molecular formula is C16H25. The lowest BCUT2D eigenvalue weighted by atomic mass is 9.91. The molecule has 0 aromatic heterocycles. The van der Waals surface area contributed by atoms with Gasteiger partial charge in [0.25, 0.3) is 0 Å². The van der Waals surface area contributed by atoms with Crippen LogP contribution < -0.4 is 0 Å². The number of unbranched alkanes of at least 4 members (excludes halogenated alkanes) is 3. The number of benzene rings is 1. The first-order chi connectivity index (χ1) is 7.57. The summed E-state index contributed by atoms with van der Waals surface area (Å²) in [6.07, 6.45) is 7.62. The van der Waals surface area contributed by atoms with Crippen molar-refractivity contribution in [3.05, 3.63) is 40.3 Å². The second-order valence-electron chi connectivity index (χ2n) is 4.87. The lowest BCUT2D eigenvalue weighted by molar-refractivity contribution is 0.714. The van der Waals surface area contributed by atoms with Gasteiger partial charge in [-0.05, 0) is 68.4 Å². The summed E-state index contributed by atoms with van der Waals surface area (Å²) in [5, 5.41) is 0. The van der Waals surface area contributed by atoms with Crippen LogP contribution in [0.5, 0.6) is 0 Å². The maximum Gasteiger partial charge on any atom is -0.00874 e. The third-order valence-electron chi connectivity index (χ3n) is 3.58. The molecule has 0 unspecified atom stereocenters. The van der Waals surface area contributed by atoms with E-state index in [2.05, 4.69) is 47.1 Å². The van der Waals surface area contributed by atoms with E-state index in [4.69, 9.17) is 0 Å². The van der Waals surface area contributed by atoms with E-state index < -0.39 is 0 Å². The molecule has 1 aromatic carbocycles. The van der Waals surface area contributed by atoms with Crippen LogP contribution in [-0.4, -0.2) is 0 Å². The van der Waals surface area contributed by atoms with Gasteiger partial charge in [0.1, 0.15) is 0 Å². The molecule has 0 nitrogen and oxygen atoms in total. The molecule has 0 amide bonds. The minimum Gasteiger partial charge on any atom is -0.0654 e. The normalized spacial score (nSPS) is 10.8. The first kappa shape index (κ1) is 13.3. The predicted octanol–water partition coefficient (Wildman–Crippen LogP) is 5.05. The molecule has 0 fully saturated rings. The number of aryl methyl sites for hydroxylation is 2. The van der Waals surface area contributed by atoms with E-state index in [1.165, 1.54) is 53.5 Å². The maximum atomic E-state index is 2.43. The molecule has 0 aliphatic carbocycles. The molecule has 1 aromatic rings. The molecular weight excluding hydrogens is 192 g/mol. The number of hydrogen-bond acceptors (Lipinski definition) is 0. The molecule has 89 valence electrons. The zero-order chi connectivity index (χ0) is 12.1.